The Morgan fingerprint density at radius 1 is 1.17 bits per heavy atom. The van der Waals surface area contributed by atoms with Crippen LogP contribution in [0.1, 0.15) is 30.4 Å². The van der Waals surface area contributed by atoms with Crippen molar-refractivity contribution in [3.63, 3.8) is 0 Å². The molecule has 0 N–H and O–H groups in total. The Morgan fingerprint density at radius 2 is 1.90 bits per heavy atom. The minimum atomic E-state index is -0.583. The molecule has 152 valence electrons. The zero-order valence-electron chi connectivity index (χ0n) is 17.0. The van der Waals surface area contributed by atoms with E-state index in [1.165, 1.54) is 10.5 Å². The number of nitrogens with zero attached hydrogens (tertiary/aromatic N) is 3. The Bertz CT molecular complexity index is 985. The number of likely N-dealkylation sites (N-methyl/N-ethyl adjacent to an activating group) is 1. The van der Waals surface area contributed by atoms with E-state index in [2.05, 4.69) is 10.1 Å². The van der Waals surface area contributed by atoms with Gasteiger partial charge in [-0.25, -0.2) is 0 Å². The van der Waals surface area contributed by atoms with Crippen LogP contribution in [0.5, 0.6) is 5.75 Å². The van der Waals surface area contributed by atoms with Gasteiger partial charge in [-0.1, -0.05) is 29.7 Å². The van der Waals surface area contributed by atoms with Gasteiger partial charge in [0.25, 0.3) is 5.91 Å². The van der Waals surface area contributed by atoms with Gasteiger partial charge in [-0.3, -0.25) is 4.79 Å². The standard InChI is InChI=1S/C22H24ClN3O3/c1-5-19(28-18-11-6-14(2)15(3)12-18)22(27)26(4)13-20-24-21(25-29-20)16-7-9-17(23)10-8-16/h6-12,19H,5,13H2,1-4H3/t19-/m0/s1. The quantitative estimate of drug-likeness (QED) is 0.555. The number of halogens is 1. The maximum atomic E-state index is 12.8. The van der Waals surface area contributed by atoms with Gasteiger partial charge in [-0.05, 0) is 67.8 Å². The molecule has 29 heavy (non-hydrogen) atoms. The van der Waals surface area contributed by atoms with Crippen LogP contribution in [-0.4, -0.2) is 34.1 Å². The molecular weight excluding hydrogens is 390 g/mol. The second-order valence-electron chi connectivity index (χ2n) is 6.97. The van der Waals surface area contributed by atoms with Gasteiger partial charge in [0.2, 0.25) is 11.7 Å². The number of aryl methyl sites for hydroxylation is 2. The van der Waals surface area contributed by atoms with Crippen LogP contribution in [0.4, 0.5) is 0 Å². The second-order valence-corrected chi connectivity index (χ2v) is 7.41. The van der Waals surface area contributed by atoms with Crippen molar-refractivity contribution in [2.75, 3.05) is 7.05 Å². The van der Waals surface area contributed by atoms with Crippen LogP contribution in [0.25, 0.3) is 11.4 Å². The Kier molecular flexibility index (Phi) is 6.54. The Balaban J connectivity index is 1.65. The van der Waals surface area contributed by atoms with Crippen molar-refractivity contribution in [2.45, 2.75) is 39.8 Å². The first kappa shape index (κ1) is 20.9. The van der Waals surface area contributed by atoms with E-state index in [-0.39, 0.29) is 12.5 Å². The molecule has 0 fully saturated rings. The van der Waals surface area contributed by atoms with E-state index in [1.807, 2.05) is 51.1 Å². The van der Waals surface area contributed by atoms with Crippen molar-refractivity contribution in [2.24, 2.45) is 0 Å². The fraction of sp³-hybridized carbons (Fsp3) is 0.318. The van der Waals surface area contributed by atoms with E-state index in [0.29, 0.717) is 28.9 Å². The SMILES string of the molecule is CC[C@H](Oc1ccc(C)c(C)c1)C(=O)N(C)Cc1nc(-c2ccc(Cl)cc2)no1. The predicted octanol–water partition coefficient (Wildman–Crippen LogP) is 4.82. The third-order valence-corrected chi connectivity index (χ3v) is 4.97. The normalized spacial score (nSPS) is 11.9. The van der Waals surface area contributed by atoms with Crippen LogP contribution in [0.2, 0.25) is 5.02 Å². The topological polar surface area (TPSA) is 68.5 Å². The number of ether oxygens (including phenoxy) is 1. The molecule has 1 amide bonds. The van der Waals surface area contributed by atoms with Crippen molar-refractivity contribution in [1.29, 1.82) is 0 Å². The van der Waals surface area contributed by atoms with Crippen LogP contribution < -0.4 is 4.74 Å². The summed E-state index contributed by atoms with van der Waals surface area (Å²) in [7, 11) is 1.70. The Morgan fingerprint density at radius 3 is 2.55 bits per heavy atom. The molecule has 7 heteroatoms. The summed E-state index contributed by atoms with van der Waals surface area (Å²) in [6, 6.07) is 13.0. The molecule has 1 aromatic heterocycles. The Labute approximate surface area is 175 Å². The summed E-state index contributed by atoms with van der Waals surface area (Å²) in [6.45, 7) is 6.18. The van der Waals surface area contributed by atoms with E-state index >= 15 is 0 Å². The maximum Gasteiger partial charge on any atom is 0.263 e. The summed E-state index contributed by atoms with van der Waals surface area (Å²) in [4.78, 5) is 18.7. The average molecular weight is 414 g/mol. The fourth-order valence-corrected chi connectivity index (χ4v) is 2.95. The zero-order chi connectivity index (χ0) is 21.0. The largest absolute Gasteiger partial charge is 0.481 e. The van der Waals surface area contributed by atoms with Crippen LogP contribution >= 0.6 is 11.6 Å². The molecule has 3 aromatic rings. The molecule has 0 spiro atoms. The van der Waals surface area contributed by atoms with Crippen molar-refractivity contribution in [3.8, 4) is 17.1 Å². The number of carbonyl (C=O) groups excluding carboxylic acids is 1. The highest BCUT2D eigenvalue weighted by Gasteiger charge is 2.24. The van der Waals surface area contributed by atoms with E-state index in [0.717, 1.165) is 11.1 Å². The van der Waals surface area contributed by atoms with Crippen molar-refractivity contribution in [3.05, 3.63) is 64.5 Å². The predicted molar refractivity (Wildman–Crippen MR) is 112 cm³/mol. The van der Waals surface area contributed by atoms with Crippen LogP contribution in [0.15, 0.2) is 47.0 Å². The molecule has 0 saturated heterocycles. The molecule has 3 rings (SSSR count). The first-order valence-electron chi connectivity index (χ1n) is 9.44. The van der Waals surface area contributed by atoms with Gasteiger partial charge in [0.05, 0.1) is 6.54 Å². The number of hydrogen-bond donors (Lipinski definition) is 0. The average Bonchev–Trinajstić information content (AvgIpc) is 3.17. The van der Waals surface area contributed by atoms with Crippen molar-refractivity contribution < 1.29 is 14.1 Å². The lowest BCUT2D eigenvalue weighted by Gasteiger charge is -2.23. The highest BCUT2D eigenvalue weighted by atomic mass is 35.5. The third-order valence-electron chi connectivity index (χ3n) is 4.72. The summed E-state index contributed by atoms with van der Waals surface area (Å²) < 4.78 is 11.2. The highest BCUT2D eigenvalue weighted by molar-refractivity contribution is 6.30. The van der Waals surface area contributed by atoms with Crippen molar-refractivity contribution in [1.82, 2.24) is 15.0 Å². The number of amides is 1. The fourth-order valence-electron chi connectivity index (χ4n) is 2.82. The van der Waals surface area contributed by atoms with Crippen LogP contribution in [-0.2, 0) is 11.3 Å². The number of carbonyl (C=O) groups is 1. The van der Waals surface area contributed by atoms with Gasteiger partial charge in [-0.2, -0.15) is 4.98 Å². The molecule has 2 aromatic carbocycles. The monoisotopic (exact) mass is 413 g/mol. The lowest BCUT2D eigenvalue weighted by Crippen LogP contribution is -2.39. The number of benzene rings is 2. The molecular formula is C22H24ClN3O3. The maximum absolute atomic E-state index is 12.8. The zero-order valence-corrected chi connectivity index (χ0v) is 17.7. The lowest BCUT2D eigenvalue weighted by molar-refractivity contribution is -0.138. The second kappa shape index (κ2) is 9.09. The molecule has 0 aliphatic heterocycles. The summed E-state index contributed by atoms with van der Waals surface area (Å²) in [6.07, 6.45) is -0.0311. The summed E-state index contributed by atoms with van der Waals surface area (Å²) in [5.41, 5.74) is 3.10. The minimum absolute atomic E-state index is 0.142. The highest BCUT2D eigenvalue weighted by Crippen LogP contribution is 2.21. The smallest absolute Gasteiger partial charge is 0.263 e. The van der Waals surface area contributed by atoms with Gasteiger partial charge in [0.1, 0.15) is 5.75 Å². The molecule has 0 aliphatic carbocycles. The van der Waals surface area contributed by atoms with E-state index in [4.69, 9.17) is 20.9 Å². The van der Waals surface area contributed by atoms with Crippen LogP contribution in [0, 0.1) is 13.8 Å². The Hall–Kier alpha value is -2.86. The molecule has 0 bridgehead atoms. The molecule has 0 saturated carbocycles. The number of aromatic nitrogens is 2. The molecule has 1 atom stereocenters. The molecule has 0 radical (unpaired) electrons. The summed E-state index contributed by atoms with van der Waals surface area (Å²) in [5.74, 6) is 1.35. The third kappa shape index (κ3) is 5.15. The summed E-state index contributed by atoms with van der Waals surface area (Å²) in [5, 5.41) is 4.62. The van der Waals surface area contributed by atoms with Gasteiger partial charge in [0.15, 0.2) is 6.10 Å². The van der Waals surface area contributed by atoms with Gasteiger partial charge in [-0.15, -0.1) is 0 Å². The minimum Gasteiger partial charge on any atom is -0.481 e. The van der Waals surface area contributed by atoms with Gasteiger partial charge >= 0.3 is 0 Å². The van der Waals surface area contributed by atoms with Crippen LogP contribution in [0.3, 0.4) is 0 Å². The first-order chi connectivity index (χ1) is 13.9. The van der Waals surface area contributed by atoms with E-state index in [9.17, 15) is 4.79 Å². The molecule has 1 heterocycles. The first-order valence-corrected chi connectivity index (χ1v) is 9.82. The number of hydrogen-bond acceptors (Lipinski definition) is 5. The molecule has 6 nitrogen and oxygen atoms in total. The van der Waals surface area contributed by atoms with E-state index < -0.39 is 6.10 Å². The van der Waals surface area contributed by atoms with Crippen molar-refractivity contribution >= 4 is 17.5 Å². The number of rotatable bonds is 7. The van der Waals surface area contributed by atoms with E-state index in [1.54, 1.807) is 19.2 Å². The van der Waals surface area contributed by atoms with Gasteiger partial charge < -0.3 is 14.2 Å². The summed E-state index contributed by atoms with van der Waals surface area (Å²) >= 11 is 5.91. The molecule has 0 aliphatic rings. The van der Waals surface area contributed by atoms with Gasteiger partial charge in [0, 0.05) is 17.6 Å². The lowest BCUT2D eigenvalue weighted by atomic mass is 10.1. The molecule has 0 unspecified atom stereocenters.